The molecule has 2 aromatic carbocycles. The molecule has 0 amide bonds. The minimum absolute atomic E-state index is 0.0821. The lowest BCUT2D eigenvalue weighted by Gasteiger charge is -2.16. The second-order valence-electron chi connectivity index (χ2n) is 8.35. The number of para-hydroxylation sites is 2. The fourth-order valence-electron chi connectivity index (χ4n) is 3.81. The summed E-state index contributed by atoms with van der Waals surface area (Å²) in [5.74, 6) is 0.0821. The van der Waals surface area contributed by atoms with Gasteiger partial charge in [0.1, 0.15) is 0 Å². The molecular formula is C27H28N2OS2. The van der Waals surface area contributed by atoms with E-state index in [0.29, 0.717) is 12.1 Å². The second kappa shape index (κ2) is 9.72. The first kappa shape index (κ1) is 22.3. The minimum atomic E-state index is 0.0821. The molecule has 0 bridgehead atoms. The van der Waals surface area contributed by atoms with Crippen molar-refractivity contribution in [1.29, 1.82) is 0 Å². The van der Waals surface area contributed by atoms with Crippen LogP contribution in [-0.2, 0) is 0 Å². The summed E-state index contributed by atoms with van der Waals surface area (Å²) >= 11 is 3.02. The summed E-state index contributed by atoms with van der Waals surface area (Å²) in [5, 5.41) is 11.0. The Morgan fingerprint density at radius 3 is 1.44 bits per heavy atom. The van der Waals surface area contributed by atoms with Crippen molar-refractivity contribution in [2.75, 3.05) is 10.6 Å². The van der Waals surface area contributed by atoms with Crippen molar-refractivity contribution in [3.8, 4) is 22.3 Å². The highest BCUT2D eigenvalue weighted by molar-refractivity contribution is 7.16. The molecule has 32 heavy (non-hydrogen) atoms. The van der Waals surface area contributed by atoms with Crippen molar-refractivity contribution in [1.82, 2.24) is 0 Å². The third-order valence-electron chi connectivity index (χ3n) is 5.07. The van der Waals surface area contributed by atoms with Crippen LogP contribution >= 0.6 is 22.7 Å². The van der Waals surface area contributed by atoms with Gasteiger partial charge >= 0.3 is 0 Å². The Hall–Kier alpha value is -2.89. The largest absolute Gasteiger partial charge is 0.382 e. The van der Waals surface area contributed by atoms with Gasteiger partial charge in [-0.3, -0.25) is 4.79 Å². The highest BCUT2D eigenvalue weighted by atomic mass is 32.1. The first-order valence-electron chi connectivity index (χ1n) is 10.9. The Kier molecular flexibility index (Phi) is 6.77. The van der Waals surface area contributed by atoms with Crippen LogP contribution in [0.25, 0.3) is 22.3 Å². The highest BCUT2D eigenvalue weighted by Gasteiger charge is 2.23. The number of ketones is 1. The number of anilines is 2. The zero-order valence-electron chi connectivity index (χ0n) is 18.8. The van der Waals surface area contributed by atoms with Gasteiger partial charge in [0.15, 0.2) is 0 Å². The molecule has 0 saturated carbocycles. The van der Waals surface area contributed by atoms with Crippen molar-refractivity contribution in [3.05, 3.63) is 81.2 Å². The highest BCUT2D eigenvalue weighted by Crippen LogP contribution is 2.39. The fraction of sp³-hybridized carbons (Fsp3) is 0.222. The number of benzene rings is 2. The maximum absolute atomic E-state index is 13.8. The summed E-state index contributed by atoms with van der Waals surface area (Å²) < 4.78 is 0. The molecule has 0 aliphatic rings. The molecule has 164 valence electrons. The molecule has 2 heterocycles. The zero-order chi connectivity index (χ0) is 22.7. The van der Waals surface area contributed by atoms with Gasteiger partial charge in [0.25, 0.3) is 0 Å². The van der Waals surface area contributed by atoms with Gasteiger partial charge in [-0.2, -0.15) is 0 Å². The number of thiophene rings is 2. The number of rotatable bonds is 8. The smallest absolute Gasteiger partial charge is 0.214 e. The molecule has 0 atom stereocenters. The van der Waals surface area contributed by atoms with Crippen LogP contribution in [0.2, 0.25) is 0 Å². The molecular weight excluding hydrogens is 432 g/mol. The maximum atomic E-state index is 13.8. The molecule has 3 nitrogen and oxygen atoms in total. The van der Waals surface area contributed by atoms with Crippen LogP contribution in [0.3, 0.4) is 0 Å². The van der Waals surface area contributed by atoms with Crippen molar-refractivity contribution in [2.45, 2.75) is 39.8 Å². The minimum Gasteiger partial charge on any atom is -0.382 e. The Morgan fingerprint density at radius 1 is 0.625 bits per heavy atom. The topological polar surface area (TPSA) is 41.1 Å². The molecule has 0 saturated heterocycles. The number of carbonyl (C=O) groups excluding carboxylic acids is 1. The summed E-state index contributed by atoms with van der Waals surface area (Å²) in [6.45, 7) is 8.49. The van der Waals surface area contributed by atoms with Crippen molar-refractivity contribution in [3.63, 3.8) is 0 Å². The van der Waals surface area contributed by atoms with Crippen LogP contribution in [0.15, 0.2) is 71.4 Å². The number of carbonyl (C=O) groups is 1. The van der Waals surface area contributed by atoms with E-state index in [1.165, 1.54) is 22.7 Å². The molecule has 0 spiro atoms. The predicted molar refractivity (Wildman–Crippen MR) is 140 cm³/mol. The molecule has 2 aromatic heterocycles. The monoisotopic (exact) mass is 460 g/mol. The standard InChI is InChI=1S/C27H28N2OS2/c1-17(2)28-23-11-7-5-9-19(23)21-13-15-31-26(21)25(30)27-22(14-16-32-27)20-10-6-8-12-24(20)29-18(3)4/h5-18,28-29H,1-4H3. The van der Waals surface area contributed by atoms with E-state index in [1.54, 1.807) is 0 Å². The molecule has 4 aromatic rings. The van der Waals surface area contributed by atoms with E-state index in [1.807, 2.05) is 35.0 Å². The van der Waals surface area contributed by atoms with Crippen LogP contribution in [0.1, 0.15) is 42.2 Å². The third-order valence-corrected chi connectivity index (χ3v) is 6.89. The van der Waals surface area contributed by atoms with Gasteiger partial charge in [-0.15, -0.1) is 22.7 Å². The van der Waals surface area contributed by atoms with Crippen molar-refractivity contribution in [2.24, 2.45) is 0 Å². The normalized spacial score (nSPS) is 11.2. The van der Waals surface area contributed by atoms with Crippen LogP contribution in [0.4, 0.5) is 11.4 Å². The molecule has 0 radical (unpaired) electrons. The molecule has 0 fully saturated rings. The number of hydrogen-bond donors (Lipinski definition) is 2. The lowest BCUT2D eigenvalue weighted by Crippen LogP contribution is -2.11. The Morgan fingerprint density at radius 2 is 1.03 bits per heavy atom. The van der Waals surface area contributed by atoms with E-state index in [9.17, 15) is 4.79 Å². The Labute approximate surface area is 198 Å². The van der Waals surface area contributed by atoms with Crippen LogP contribution in [0, 0.1) is 0 Å². The van der Waals surface area contributed by atoms with Crippen LogP contribution < -0.4 is 10.6 Å². The van der Waals surface area contributed by atoms with Gasteiger partial charge in [-0.05, 0) is 62.7 Å². The van der Waals surface area contributed by atoms with Gasteiger partial charge in [0.05, 0.1) is 9.75 Å². The first-order valence-corrected chi connectivity index (χ1v) is 12.6. The molecule has 0 aliphatic carbocycles. The molecule has 4 rings (SSSR count). The van der Waals surface area contributed by atoms with Gasteiger partial charge in [0, 0.05) is 45.7 Å². The summed E-state index contributed by atoms with van der Waals surface area (Å²) in [7, 11) is 0. The van der Waals surface area contributed by atoms with Gasteiger partial charge < -0.3 is 10.6 Å². The molecule has 2 N–H and O–H groups in total. The van der Waals surface area contributed by atoms with Crippen LogP contribution in [-0.4, -0.2) is 17.9 Å². The predicted octanol–water partition coefficient (Wildman–Crippen LogP) is 8.02. The van der Waals surface area contributed by atoms with Gasteiger partial charge in [-0.25, -0.2) is 0 Å². The summed E-state index contributed by atoms with van der Waals surface area (Å²) in [4.78, 5) is 15.4. The number of hydrogen-bond acceptors (Lipinski definition) is 5. The van der Waals surface area contributed by atoms with E-state index in [4.69, 9.17) is 0 Å². The molecule has 0 aliphatic heterocycles. The summed E-state index contributed by atoms with van der Waals surface area (Å²) in [5.41, 5.74) is 6.19. The first-order chi connectivity index (χ1) is 15.5. The second-order valence-corrected chi connectivity index (χ2v) is 10.2. The Bertz CT molecular complexity index is 1130. The van der Waals surface area contributed by atoms with Gasteiger partial charge in [0.2, 0.25) is 5.78 Å². The fourth-order valence-corrected chi connectivity index (χ4v) is 5.58. The van der Waals surface area contributed by atoms with Crippen molar-refractivity contribution >= 4 is 39.8 Å². The lowest BCUT2D eigenvalue weighted by molar-refractivity contribution is 0.104. The average Bonchev–Trinajstić information content (AvgIpc) is 3.43. The quantitative estimate of drug-likeness (QED) is 0.262. The van der Waals surface area contributed by atoms with Crippen molar-refractivity contribution < 1.29 is 4.79 Å². The van der Waals surface area contributed by atoms with E-state index in [-0.39, 0.29) is 5.78 Å². The summed E-state index contributed by atoms with van der Waals surface area (Å²) in [6, 6.07) is 21.1. The van der Waals surface area contributed by atoms with E-state index in [2.05, 4.69) is 74.7 Å². The van der Waals surface area contributed by atoms with E-state index < -0.39 is 0 Å². The van der Waals surface area contributed by atoms with E-state index >= 15 is 0 Å². The average molecular weight is 461 g/mol. The lowest BCUT2D eigenvalue weighted by atomic mass is 9.98. The van der Waals surface area contributed by atoms with Crippen LogP contribution in [0.5, 0.6) is 0 Å². The molecule has 0 unspecified atom stereocenters. The number of nitrogens with one attached hydrogen (secondary N) is 2. The SMILES string of the molecule is CC(C)Nc1ccccc1-c1ccsc1C(=O)c1sccc1-c1ccccc1NC(C)C. The van der Waals surface area contributed by atoms with E-state index in [0.717, 1.165) is 43.4 Å². The van der Waals surface area contributed by atoms with Gasteiger partial charge in [-0.1, -0.05) is 36.4 Å². The summed E-state index contributed by atoms with van der Waals surface area (Å²) in [6.07, 6.45) is 0. The third kappa shape index (κ3) is 4.64. The molecule has 5 heteroatoms. The maximum Gasteiger partial charge on any atom is 0.214 e. The zero-order valence-corrected chi connectivity index (χ0v) is 20.4. The Balaban J connectivity index is 1.76.